The van der Waals surface area contributed by atoms with E-state index in [1.807, 2.05) is 6.20 Å². The van der Waals surface area contributed by atoms with E-state index in [4.69, 9.17) is 0 Å². The average Bonchev–Trinajstić information content (AvgIpc) is 3.03. The van der Waals surface area contributed by atoms with Crippen LogP contribution in [-0.2, 0) is 0 Å². The highest BCUT2D eigenvalue weighted by molar-refractivity contribution is 5.29. The van der Waals surface area contributed by atoms with Crippen molar-refractivity contribution in [3.05, 3.63) is 12.4 Å². The molecule has 1 aliphatic heterocycles. The summed E-state index contributed by atoms with van der Waals surface area (Å²) < 4.78 is 2.37. The SMILES string of the molecule is CC1CN(C)CCC1Nc1nccn1C1CCCC1. The van der Waals surface area contributed by atoms with Gasteiger partial charge in [0.25, 0.3) is 0 Å². The van der Waals surface area contributed by atoms with Crippen LogP contribution >= 0.6 is 0 Å². The summed E-state index contributed by atoms with van der Waals surface area (Å²) in [7, 11) is 2.21. The molecule has 1 saturated heterocycles. The predicted octanol–water partition coefficient (Wildman–Crippen LogP) is 2.75. The molecule has 1 aromatic rings. The first-order valence-corrected chi connectivity index (χ1v) is 7.72. The number of hydrogen-bond acceptors (Lipinski definition) is 3. The lowest BCUT2D eigenvalue weighted by Gasteiger charge is -2.35. The molecule has 1 saturated carbocycles. The Morgan fingerprint density at radius 2 is 2.05 bits per heavy atom. The minimum absolute atomic E-state index is 0.568. The van der Waals surface area contributed by atoms with Crippen LogP contribution in [0.1, 0.15) is 45.1 Å². The molecule has 0 spiro atoms. The van der Waals surface area contributed by atoms with E-state index >= 15 is 0 Å². The Bertz CT molecular complexity index is 408. The second-order valence-corrected chi connectivity index (χ2v) is 6.38. The second kappa shape index (κ2) is 5.53. The van der Waals surface area contributed by atoms with Crippen LogP contribution in [-0.4, -0.2) is 40.6 Å². The van der Waals surface area contributed by atoms with Crippen molar-refractivity contribution >= 4 is 5.95 Å². The number of likely N-dealkylation sites (tertiary alicyclic amines) is 1. The molecule has 0 amide bonds. The molecular weight excluding hydrogens is 236 g/mol. The van der Waals surface area contributed by atoms with Gasteiger partial charge in [-0.1, -0.05) is 19.8 Å². The van der Waals surface area contributed by atoms with E-state index in [-0.39, 0.29) is 0 Å². The summed E-state index contributed by atoms with van der Waals surface area (Å²) in [5.41, 5.74) is 0. The Kier molecular flexibility index (Phi) is 3.78. The molecular formula is C15H26N4. The molecule has 1 N–H and O–H groups in total. The van der Waals surface area contributed by atoms with Crippen molar-refractivity contribution in [2.45, 2.75) is 51.1 Å². The number of aromatic nitrogens is 2. The zero-order valence-electron chi connectivity index (χ0n) is 12.2. The summed E-state index contributed by atoms with van der Waals surface area (Å²) >= 11 is 0. The van der Waals surface area contributed by atoms with Gasteiger partial charge in [0, 0.05) is 31.0 Å². The van der Waals surface area contributed by atoms with Gasteiger partial charge in [-0.2, -0.15) is 0 Å². The molecule has 1 aliphatic carbocycles. The van der Waals surface area contributed by atoms with Crippen LogP contribution < -0.4 is 5.32 Å². The number of nitrogens with zero attached hydrogens (tertiary/aromatic N) is 3. The third kappa shape index (κ3) is 2.78. The summed E-state index contributed by atoms with van der Waals surface area (Å²) in [6.45, 7) is 4.71. The minimum atomic E-state index is 0.568. The van der Waals surface area contributed by atoms with Crippen molar-refractivity contribution in [1.29, 1.82) is 0 Å². The van der Waals surface area contributed by atoms with Crippen LogP contribution in [0.15, 0.2) is 12.4 Å². The highest BCUT2D eigenvalue weighted by Gasteiger charge is 2.26. The fraction of sp³-hybridized carbons (Fsp3) is 0.800. The predicted molar refractivity (Wildman–Crippen MR) is 78.4 cm³/mol. The molecule has 1 aromatic heterocycles. The van der Waals surface area contributed by atoms with E-state index in [2.05, 4.69) is 39.9 Å². The van der Waals surface area contributed by atoms with Crippen LogP contribution in [0.2, 0.25) is 0 Å². The Hall–Kier alpha value is -1.03. The van der Waals surface area contributed by atoms with Gasteiger partial charge in [0.15, 0.2) is 0 Å². The fourth-order valence-electron chi connectivity index (χ4n) is 3.64. The Labute approximate surface area is 116 Å². The Morgan fingerprint density at radius 3 is 2.79 bits per heavy atom. The van der Waals surface area contributed by atoms with Gasteiger partial charge in [-0.05, 0) is 38.8 Å². The number of nitrogens with one attached hydrogen (secondary N) is 1. The molecule has 0 radical (unpaired) electrons. The summed E-state index contributed by atoms with van der Waals surface area (Å²) in [4.78, 5) is 6.97. The van der Waals surface area contributed by atoms with Gasteiger partial charge in [-0.15, -0.1) is 0 Å². The third-order valence-corrected chi connectivity index (χ3v) is 4.81. The third-order valence-electron chi connectivity index (χ3n) is 4.81. The van der Waals surface area contributed by atoms with Gasteiger partial charge in [-0.3, -0.25) is 0 Å². The van der Waals surface area contributed by atoms with E-state index in [1.165, 1.54) is 45.2 Å². The molecule has 0 aromatic carbocycles. The van der Waals surface area contributed by atoms with E-state index in [0.717, 1.165) is 5.95 Å². The quantitative estimate of drug-likeness (QED) is 0.909. The van der Waals surface area contributed by atoms with Gasteiger partial charge in [0.05, 0.1) is 0 Å². The number of anilines is 1. The summed E-state index contributed by atoms with van der Waals surface area (Å²) in [6, 6.07) is 1.24. The van der Waals surface area contributed by atoms with E-state index in [9.17, 15) is 0 Å². The van der Waals surface area contributed by atoms with Gasteiger partial charge in [0.1, 0.15) is 0 Å². The summed E-state index contributed by atoms with van der Waals surface area (Å²) in [6.07, 6.45) is 10.7. The summed E-state index contributed by atoms with van der Waals surface area (Å²) in [5.74, 6) is 1.78. The largest absolute Gasteiger partial charge is 0.353 e. The zero-order valence-corrected chi connectivity index (χ0v) is 12.2. The molecule has 2 unspecified atom stereocenters. The lowest BCUT2D eigenvalue weighted by Crippen LogP contribution is -2.43. The molecule has 4 heteroatoms. The van der Waals surface area contributed by atoms with Crippen LogP contribution in [0.3, 0.4) is 0 Å². The Morgan fingerprint density at radius 1 is 1.26 bits per heavy atom. The van der Waals surface area contributed by atoms with Crippen LogP contribution in [0, 0.1) is 5.92 Å². The molecule has 3 rings (SSSR count). The normalized spacial score (nSPS) is 29.8. The number of hydrogen-bond donors (Lipinski definition) is 1. The first-order valence-electron chi connectivity index (χ1n) is 7.72. The smallest absolute Gasteiger partial charge is 0.203 e. The molecule has 2 aliphatic rings. The molecule has 2 fully saturated rings. The van der Waals surface area contributed by atoms with Crippen LogP contribution in [0.25, 0.3) is 0 Å². The zero-order chi connectivity index (χ0) is 13.2. The van der Waals surface area contributed by atoms with Crippen molar-refractivity contribution in [2.75, 3.05) is 25.5 Å². The molecule has 4 nitrogen and oxygen atoms in total. The van der Waals surface area contributed by atoms with E-state index < -0.39 is 0 Å². The fourth-order valence-corrected chi connectivity index (χ4v) is 3.64. The number of imidazole rings is 1. The molecule has 0 bridgehead atoms. The van der Waals surface area contributed by atoms with Gasteiger partial charge >= 0.3 is 0 Å². The van der Waals surface area contributed by atoms with E-state index in [1.54, 1.807) is 0 Å². The standard InChI is InChI=1S/C15H26N4/c1-12-11-18(2)9-7-14(12)17-15-16-8-10-19(15)13-5-3-4-6-13/h8,10,12-14H,3-7,9,11H2,1-2H3,(H,16,17). The maximum Gasteiger partial charge on any atom is 0.203 e. The van der Waals surface area contributed by atoms with Crippen LogP contribution in [0.5, 0.6) is 0 Å². The maximum absolute atomic E-state index is 4.55. The molecule has 19 heavy (non-hydrogen) atoms. The molecule has 2 atom stereocenters. The molecule has 106 valence electrons. The second-order valence-electron chi connectivity index (χ2n) is 6.38. The highest BCUT2D eigenvalue weighted by Crippen LogP contribution is 2.32. The van der Waals surface area contributed by atoms with Crippen LogP contribution in [0.4, 0.5) is 5.95 Å². The summed E-state index contributed by atoms with van der Waals surface area (Å²) in [5, 5.41) is 3.70. The average molecular weight is 262 g/mol. The lowest BCUT2D eigenvalue weighted by molar-refractivity contribution is 0.205. The van der Waals surface area contributed by atoms with Crippen molar-refractivity contribution in [3.8, 4) is 0 Å². The number of piperidine rings is 1. The minimum Gasteiger partial charge on any atom is -0.353 e. The van der Waals surface area contributed by atoms with Gasteiger partial charge < -0.3 is 14.8 Å². The van der Waals surface area contributed by atoms with Crippen molar-refractivity contribution in [1.82, 2.24) is 14.5 Å². The Balaban J connectivity index is 1.68. The van der Waals surface area contributed by atoms with Crippen molar-refractivity contribution < 1.29 is 0 Å². The van der Waals surface area contributed by atoms with Gasteiger partial charge in [0.2, 0.25) is 5.95 Å². The lowest BCUT2D eigenvalue weighted by atomic mass is 9.94. The maximum atomic E-state index is 4.55. The van der Waals surface area contributed by atoms with Crippen molar-refractivity contribution in [3.63, 3.8) is 0 Å². The first-order chi connectivity index (χ1) is 9.24. The monoisotopic (exact) mass is 262 g/mol. The highest BCUT2D eigenvalue weighted by atomic mass is 15.2. The van der Waals surface area contributed by atoms with Gasteiger partial charge in [-0.25, -0.2) is 4.98 Å². The molecule has 2 heterocycles. The number of rotatable bonds is 3. The topological polar surface area (TPSA) is 33.1 Å². The van der Waals surface area contributed by atoms with E-state index in [0.29, 0.717) is 18.0 Å². The van der Waals surface area contributed by atoms with Crippen molar-refractivity contribution in [2.24, 2.45) is 5.92 Å². The first kappa shape index (κ1) is 13.0.